The van der Waals surface area contributed by atoms with Crippen LogP contribution >= 0.6 is 0 Å². The van der Waals surface area contributed by atoms with E-state index >= 15 is 0 Å². The number of ketones is 1. The van der Waals surface area contributed by atoms with Crippen molar-refractivity contribution in [2.45, 2.75) is 52.5 Å². The summed E-state index contributed by atoms with van der Waals surface area (Å²) < 4.78 is 11.5. The zero-order chi connectivity index (χ0) is 19.6. The van der Waals surface area contributed by atoms with Crippen LogP contribution in [0.25, 0.3) is 0 Å². The van der Waals surface area contributed by atoms with Crippen LogP contribution < -0.4 is 14.8 Å². The lowest BCUT2D eigenvalue weighted by atomic mass is 10.0. The molecule has 0 saturated carbocycles. The Balaban J connectivity index is 1.98. The molecule has 1 unspecified atom stereocenters. The normalized spacial score (nSPS) is 16.9. The van der Waals surface area contributed by atoms with Gasteiger partial charge in [0.25, 0.3) is 0 Å². The fourth-order valence-electron chi connectivity index (χ4n) is 3.06. The first-order valence-corrected chi connectivity index (χ1v) is 9.99. The number of hydrogen-bond donors (Lipinski definition) is 1. The number of nitrogens with one attached hydrogen (secondary N) is 1. The van der Waals surface area contributed by atoms with E-state index in [2.05, 4.69) is 5.32 Å². The molecule has 1 N–H and O–H groups in total. The molecule has 27 heavy (non-hydrogen) atoms. The van der Waals surface area contributed by atoms with Crippen LogP contribution in [0.1, 0.15) is 56.8 Å². The third kappa shape index (κ3) is 6.24. The average molecular weight is 376 g/mol. The number of Topliss-reactive ketones (excluding diaryl/α,β-unsaturated/α-hetero) is 1. The molecule has 1 saturated heterocycles. The molecule has 1 aromatic rings. The number of carbonyl (C=O) groups excluding carboxylic acids is 2. The van der Waals surface area contributed by atoms with Crippen molar-refractivity contribution in [2.24, 2.45) is 0 Å². The van der Waals surface area contributed by atoms with Gasteiger partial charge in [-0.3, -0.25) is 9.59 Å². The second-order valence-corrected chi connectivity index (χ2v) is 6.92. The van der Waals surface area contributed by atoms with Gasteiger partial charge in [0.15, 0.2) is 17.3 Å². The van der Waals surface area contributed by atoms with Gasteiger partial charge < -0.3 is 19.7 Å². The van der Waals surface area contributed by atoms with Crippen LogP contribution in [0.2, 0.25) is 0 Å². The Kier molecular flexibility index (Phi) is 8.58. The first-order chi connectivity index (χ1) is 13.1. The highest BCUT2D eigenvalue weighted by Crippen LogP contribution is 2.29. The van der Waals surface area contributed by atoms with Gasteiger partial charge in [-0.15, -0.1) is 0 Å². The van der Waals surface area contributed by atoms with Gasteiger partial charge in [-0.05, 0) is 38.0 Å². The number of benzene rings is 1. The Labute approximate surface area is 162 Å². The lowest BCUT2D eigenvalue weighted by Crippen LogP contribution is -2.52. The van der Waals surface area contributed by atoms with E-state index in [4.69, 9.17) is 9.47 Å². The fourth-order valence-corrected chi connectivity index (χ4v) is 3.06. The summed E-state index contributed by atoms with van der Waals surface area (Å²) in [7, 11) is 0. The Bertz CT molecular complexity index is 633. The quantitative estimate of drug-likeness (QED) is 0.636. The molecule has 1 aliphatic heterocycles. The molecule has 150 valence electrons. The molecule has 1 amide bonds. The maximum atomic E-state index is 12.6. The maximum absolute atomic E-state index is 12.6. The summed E-state index contributed by atoms with van der Waals surface area (Å²) in [5, 5.41) is 3.27. The lowest BCUT2D eigenvalue weighted by molar-refractivity contribution is -0.133. The van der Waals surface area contributed by atoms with Crippen LogP contribution in [0.15, 0.2) is 18.2 Å². The number of amides is 1. The van der Waals surface area contributed by atoms with Crippen LogP contribution in [-0.2, 0) is 4.79 Å². The van der Waals surface area contributed by atoms with Crippen molar-refractivity contribution in [3.05, 3.63) is 23.8 Å². The zero-order valence-electron chi connectivity index (χ0n) is 16.8. The van der Waals surface area contributed by atoms with Crippen molar-refractivity contribution >= 4 is 11.7 Å². The molecule has 1 fully saturated rings. The van der Waals surface area contributed by atoms with Gasteiger partial charge in [-0.1, -0.05) is 13.8 Å². The highest BCUT2D eigenvalue weighted by Gasteiger charge is 2.23. The minimum absolute atomic E-state index is 0.0442. The van der Waals surface area contributed by atoms with Crippen LogP contribution in [-0.4, -0.2) is 55.5 Å². The molecule has 0 aromatic heterocycles. The van der Waals surface area contributed by atoms with Crippen molar-refractivity contribution < 1.29 is 19.1 Å². The molecule has 0 spiro atoms. The maximum Gasteiger partial charge on any atom is 0.223 e. The van der Waals surface area contributed by atoms with Gasteiger partial charge in [0, 0.05) is 44.1 Å². The summed E-state index contributed by atoms with van der Waals surface area (Å²) in [4.78, 5) is 26.9. The molecule has 1 heterocycles. The molecule has 6 nitrogen and oxygen atoms in total. The molecule has 0 radical (unpaired) electrons. The molecule has 2 rings (SSSR count). The minimum atomic E-state index is -0.0467. The summed E-state index contributed by atoms with van der Waals surface area (Å²) in [6.45, 7) is 9.58. The topological polar surface area (TPSA) is 67.9 Å². The summed E-state index contributed by atoms with van der Waals surface area (Å²) >= 11 is 0. The number of carbonyl (C=O) groups is 2. The second kappa shape index (κ2) is 10.9. The molecule has 6 heteroatoms. The van der Waals surface area contributed by atoms with Crippen LogP contribution in [0, 0.1) is 0 Å². The Morgan fingerprint density at radius 1 is 1.11 bits per heavy atom. The lowest BCUT2D eigenvalue weighted by Gasteiger charge is -2.34. The van der Waals surface area contributed by atoms with E-state index in [0.29, 0.717) is 36.8 Å². The minimum Gasteiger partial charge on any atom is -0.490 e. The Morgan fingerprint density at radius 2 is 1.81 bits per heavy atom. The zero-order valence-corrected chi connectivity index (χ0v) is 16.8. The summed E-state index contributed by atoms with van der Waals surface area (Å²) in [6, 6.07) is 5.45. The van der Waals surface area contributed by atoms with Crippen molar-refractivity contribution in [2.75, 3.05) is 32.8 Å². The SMILES string of the molecule is CCCOc1ccc(C(=O)CCC(=O)N2CCNCC2C)cc1OCCC. The van der Waals surface area contributed by atoms with E-state index < -0.39 is 0 Å². The third-order valence-electron chi connectivity index (χ3n) is 4.58. The largest absolute Gasteiger partial charge is 0.490 e. The van der Waals surface area contributed by atoms with Crippen molar-refractivity contribution in [3.63, 3.8) is 0 Å². The highest BCUT2D eigenvalue weighted by atomic mass is 16.5. The predicted molar refractivity (Wildman–Crippen MR) is 106 cm³/mol. The van der Waals surface area contributed by atoms with Crippen molar-refractivity contribution in [3.8, 4) is 11.5 Å². The molecule has 0 aliphatic carbocycles. The molecule has 0 bridgehead atoms. The van der Waals surface area contributed by atoms with Crippen LogP contribution in [0.5, 0.6) is 11.5 Å². The predicted octanol–water partition coefficient (Wildman–Crippen LogP) is 3.05. The Hall–Kier alpha value is -2.08. The van der Waals surface area contributed by atoms with E-state index in [1.807, 2.05) is 25.7 Å². The van der Waals surface area contributed by atoms with Crippen molar-refractivity contribution in [1.29, 1.82) is 0 Å². The van der Waals surface area contributed by atoms with Gasteiger partial charge >= 0.3 is 0 Å². The number of nitrogens with zero attached hydrogens (tertiary/aromatic N) is 1. The van der Waals surface area contributed by atoms with E-state index in [9.17, 15) is 9.59 Å². The molecular weight excluding hydrogens is 344 g/mol. The van der Waals surface area contributed by atoms with Gasteiger partial charge in [-0.2, -0.15) is 0 Å². The standard InChI is InChI=1S/C21H32N2O4/c1-4-12-26-19-8-6-17(14-20(19)27-13-5-2)18(24)7-9-21(25)23-11-10-22-15-16(23)3/h6,8,14,16,22H,4-5,7,9-13,15H2,1-3H3. The monoisotopic (exact) mass is 376 g/mol. The highest BCUT2D eigenvalue weighted by molar-refractivity contribution is 5.98. The molecule has 1 aliphatic rings. The summed E-state index contributed by atoms with van der Waals surface area (Å²) in [6.07, 6.45) is 2.23. The van der Waals surface area contributed by atoms with E-state index in [1.165, 1.54) is 0 Å². The van der Waals surface area contributed by atoms with Gasteiger partial charge in [-0.25, -0.2) is 0 Å². The average Bonchev–Trinajstić information content (AvgIpc) is 2.69. The second-order valence-electron chi connectivity index (χ2n) is 6.92. The molecular formula is C21H32N2O4. The van der Waals surface area contributed by atoms with Crippen molar-refractivity contribution in [1.82, 2.24) is 10.2 Å². The van der Waals surface area contributed by atoms with Crippen LogP contribution in [0.4, 0.5) is 0 Å². The van der Waals surface area contributed by atoms with E-state index in [0.717, 1.165) is 25.9 Å². The molecule has 1 aromatic carbocycles. The third-order valence-corrected chi connectivity index (χ3v) is 4.58. The first kappa shape index (κ1) is 21.2. The first-order valence-electron chi connectivity index (χ1n) is 9.99. The van der Waals surface area contributed by atoms with E-state index in [1.54, 1.807) is 18.2 Å². The number of hydrogen-bond acceptors (Lipinski definition) is 5. The van der Waals surface area contributed by atoms with Crippen LogP contribution in [0.3, 0.4) is 0 Å². The molecule has 1 atom stereocenters. The van der Waals surface area contributed by atoms with Gasteiger partial charge in [0.1, 0.15) is 0 Å². The summed E-state index contributed by atoms with van der Waals surface area (Å²) in [5.41, 5.74) is 0.561. The summed E-state index contributed by atoms with van der Waals surface area (Å²) in [5.74, 6) is 1.25. The van der Waals surface area contributed by atoms with Gasteiger partial charge in [0.05, 0.1) is 13.2 Å². The Morgan fingerprint density at radius 3 is 2.48 bits per heavy atom. The number of piperazine rings is 1. The number of ether oxygens (including phenoxy) is 2. The van der Waals surface area contributed by atoms with Gasteiger partial charge in [0.2, 0.25) is 5.91 Å². The smallest absolute Gasteiger partial charge is 0.223 e. The fraction of sp³-hybridized carbons (Fsp3) is 0.619. The van der Waals surface area contributed by atoms with E-state index in [-0.39, 0.29) is 30.6 Å². The number of rotatable bonds is 10.